The van der Waals surface area contributed by atoms with Crippen LogP contribution in [0.15, 0.2) is 48.5 Å². The Labute approximate surface area is 156 Å². The summed E-state index contributed by atoms with van der Waals surface area (Å²) < 4.78 is 5.50. The lowest BCUT2D eigenvalue weighted by Gasteiger charge is -2.27. The Bertz CT molecular complexity index is 686. The molecule has 0 bridgehead atoms. The van der Waals surface area contributed by atoms with Gasteiger partial charge in [-0.2, -0.15) is 0 Å². The van der Waals surface area contributed by atoms with Crippen LogP contribution in [-0.4, -0.2) is 37.8 Å². The summed E-state index contributed by atoms with van der Waals surface area (Å²) >= 11 is 5.44. The third-order valence-electron chi connectivity index (χ3n) is 4.20. The van der Waals surface area contributed by atoms with Crippen molar-refractivity contribution in [1.29, 1.82) is 0 Å². The van der Waals surface area contributed by atoms with Gasteiger partial charge in [-0.25, -0.2) is 0 Å². The van der Waals surface area contributed by atoms with Crippen molar-refractivity contribution in [2.45, 2.75) is 19.4 Å². The Kier molecular flexibility index (Phi) is 7.22. The number of nitrogens with one attached hydrogen (secondary N) is 2. The van der Waals surface area contributed by atoms with E-state index in [0.29, 0.717) is 11.7 Å². The maximum absolute atomic E-state index is 5.50. The summed E-state index contributed by atoms with van der Waals surface area (Å²) in [7, 11) is 5.81. The number of nitrogens with zero attached hydrogens (tertiary/aromatic N) is 1. The van der Waals surface area contributed by atoms with Gasteiger partial charge in [0.15, 0.2) is 5.11 Å². The van der Waals surface area contributed by atoms with E-state index in [-0.39, 0.29) is 6.04 Å². The Morgan fingerprint density at radius 1 is 1.12 bits per heavy atom. The predicted molar refractivity (Wildman–Crippen MR) is 109 cm³/mol. The van der Waals surface area contributed by atoms with Crippen molar-refractivity contribution in [2.75, 3.05) is 33.1 Å². The van der Waals surface area contributed by atoms with E-state index in [9.17, 15) is 0 Å². The molecule has 5 heteroatoms. The lowest BCUT2D eigenvalue weighted by molar-refractivity contribution is 0.288. The van der Waals surface area contributed by atoms with Crippen molar-refractivity contribution in [3.63, 3.8) is 0 Å². The summed E-state index contributed by atoms with van der Waals surface area (Å²) in [4.78, 5) is 2.16. The van der Waals surface area contributed by atoms with Gasteiger partial charge in [0, 0.05) is 17.8 Å². The lowest BCUT2D eigenvalue weighted by Crippen LogP contribution is -2.36. The zero-order chi connectivity index (χ0) is 18.2. The van der Waals surface area contributed by atoms with Crippen LogP contribution in [-0.2, 0) is 6.42 Å². The van der Waals surface area contributed by atoms with Gasteiger partial charge in [0.05, 0.1) is 13.2 Å². The minimum absolute atomic E-state index is 0.151. The molecular weight excluding hydrogens is 330 g/mol. The van der Waals surface area contributed by atoms with Gasteiger partial charge in [0.2, 0.25) is 0 Å². The largest absolute Gasteiger partial charge is 0.496 e. The van der Waals surface area contributed by atoms with Crippen molar-refractivity contribution in [2.24, 2.45) is 0 Å². The molecule has 0 saturated heterocycles. The highest BCUT2D eigenvalue weighted by atomic mass is 32.1. The molecule has 0 aliphatic heterocycles. The van der Waals surface area contributed by atoms with Crippen LogP contribution < -0.4 is 15.4 Å². The molecule has 0 heterocycles. The van der Waals surface area contributed by atoms with Crippen molar-refractivity contribution in [3.05, 3.63) is 59.7 Å². The van der Waals surface area contributed by atoms with Gasteiger partial charge >= 0.3 is 0 Å². The summed E-state index contributed by atoms with van der Waals surface area (Å²) in [5.74, 6) is 0.886. The monoisotopic (exact) mass is 357 g/mol. The Balaban J connectivity index is 1.99. The van der Waals surface area contributed by atoms with Gasteiger partial charge in [0.1, 0.15) is 5.75 Å². The number of benzene rings is 2. The molecule has 25 heavy (non-hydrogen) atoms. The van der Waals surface area contributed by atoms with E-state index in [1.54, 1.807) is 7.11 Å². The first-order valence-electron chi connectivity index (χ1n) is 8.48. The van der Waals surface area contributed by atoms with Crippen LogP contribution in [0.2, 0.25) is 0 Å². The highest BCUT2D eigenvalue weighted by Gasteiger charge is 2.18. The minimum Gasteiger partial charge on any atom is -0.496 e. The number of para-hydroxylation sites is 1. The number of thiocarbonyl (C=S) groups is 1. The van der Waals surface area contributed by atoms with E-state index in [0.717, 1.165) is 23.4 Å². The highest BCUT2D eigenvalue weighted by molar-refractivity contribution is 7.80. The van der Waals surface area contributed by atoms with Crippen LogP contribution in [0.5, 0.6) is 5.75 Å². The highest BCUT2D eigenvalue weighted by Crippen LogP contribution is 2.27. The smallest absolute Gasteiger partial charge is 0.170 e. The summed E-state index contributed by atoms with van der Waals surface area (Å²) in [5, 5.41) is 7.17. The molecule has 0 aliphatic rings. The van der Waals surface area contributed by atoms with E-state index in [4.69, 9.17) is 17.0 Å². The number of rotatable bonds is 7. The summed E-state index contributed by atoms with van der Waals surface area (Å²) in [6, 6.07) is 16.6. The normalized spacial score (nSPS) is 11.9. The molecule has 0 saturated carbocycles. The van der Waals surface area contributed by atoms with Crippen molar-refractivity contribution in [1.82, 2.24) is 10.2 Å². The second-order valence-electron chi connectivity index (χ2n) is 6.11. The van der Waals surface area contributed by atoms with Gasteiger partial charge < -0.3 is 20.3 Å². The number of aryl methyl sites for hydroxylation is 1. The van der Waals surface area contributed by atoms with Crippen molar-refractivity contribution in [3.8, 4) is 5.75 Å². The van der Waals surface area contributed by atoms with Crippen LogP contribution in [0.25, 0.3) is 0 Å². The van der Waals surface area contributed by atoms with E-state index in [1.165, 1.54) is 5.56 Å². The van der Waals surface area contributed by atoms with E-state index < -0.39 is 0 Å². The first-order chi connectivity index (χ1) is 12.0. The molecule has 2 N–H and O–H groups in total. The van der Waals surface area contributed by atoms with Crippen LogP contribution in [0, 0.1) is 0 Å². The third kappa shape index (κ3) is 5.44. The number of hydrogen-bond acceptors (Lipinski definition) is 3. The molecule has 0 amide bonds. The fourth-order valence-corrected chi connectivity index (χ4v) is 2.90. The first kappa shape index (κ1) is 19.2. The zero-order valence-electron chi connectivity index (χ0n) is 15.4. The Morgan fingerprint density at radius 3 is 2.40 bits per heavy atom. The number of methoxy groups -OCH3 is 1. The lowest BCUT2D eigenvalue weighted by atomic mass is 10.0. The van der Waals surface area contributed by atoms with Crippen LogP contribution in [0.4, 0.5) is 5.69 Å². The summed E-state index contributed by atoms with van der Waals surface area (Å²) in [5.41, 5.74) is 3.44. The van der Waals surface area contributed by atoms with Gasteiger partial charge in [-0.05, 0) is 56.5 Å². The van der Waals surface area contributed by atoms with Crippen LogP contribution in [0.3, 0.4) is 0 Å². The summed E-state index contributed by atoms with van der Waals surface area (Å²) in [6.45, 7) is 2.83. The van der Waals surface area contributed by atoms with E-state index in [2.05, 4.69) is 66.9 Å². The third-order valence-corrected chi connectivity index (χ3v) is 4.44. The number of anilines is 1. The number of hydrogen-bond donors (Lipinski definition) is 2. The number of likely N-dealkylation sites (N-methyl/N-ethyl adjacent to an activating group) is 1. The van der Waals surface area contributed by atoms with Gasteiger partial charge in [-0.1, -0.05) is 37.3 Å². The molecule has 2 aromatic rings. The zero-order valence-corrected chi connectivity index (χ0v) is 16.2. The molecule has 1 atom stereocenters. The second kappa shape index (κ2) is 9.39. The van der Waals surface area contributed by atoms with E-state index in [1.807, 2.05) is 18.2 Å². The fraction of sp³-hybridized carbons (Fsp3) is 0.350. The molecule has 1 unspecified atom stereocenters. The average molecular weight is 358 g/mol. The van der Waals surface area contributed by atoms with Crippen LogP contribution in [0.1, 0.15) is 24.1 Å². The average Bonchev–Trinajstić information content (AvgIpc) is 2.62. The molecule has 2 aromatic carbocycles. The predicted octanol–water partition coefficient (Wildman–Crippen LogP) is 3.85. The van der Waals surface area contributed by atoms with Crippen molar-refractivity contribution < 1.29 is 4.74 Å². The van der Waals surface area contributed by atoms with Gasteiger partial charge in [0.25, 0.3) is 0 Å². The molecule has 0 aliphatic carbocycles. The maximum atomic E-state index is 5.50. The Hall–Kier alpha value is -2.11. The molecular formula is C20H27N3OS. The molecule has 0 fully saturated rings. The minimum atomic E-state index is 0.151. The van der Waals surface area contributed by atoms with Gasteiger partial charge in [-0.15, -0.1) is 0 Å². The molecule has 134 valence electrons. The molecule has 0 aromatic heterocycles. The molecule has 0 radical (unpaired) electrons. The maximum Gasteiger partial charge on any atom is 0.170 e. The SMILES string of the molecule is CCc1ccc(NC(=S)NCC(c2ccccc2OC)N(C)C)cc1. The van der Waals surface area contributed by atoms with Crippen molar-refractivity contribution >= 4 is 23.0 Å². The molecule has 4 nitrogen and oxygen atoms in total. The van der Waals surface area contributed by atoms with Crippen LogP contribution >= 0.6 is 12.2 Å². The Morgan fingerprint density at radius 2 is 1.80 bits per heavy atom. The fourth-order valence-electron chi connectivity index (χ4n) is 2.70. The standard InChI is InChI=1S/C20H27N3OS/c1-5-15-10-12-16(13-11-15)22-20(25)21-14-18(23(2)3)17-8-6-7-9-19(17)24-4/h6-13,18H,5,14H2,1-4H3,(H2,21,22,25). The van der Waals surface area contributed by atoms with E-state index >= 15 is 0 Å². The first-order valence-corrected chi connectivity index (χ1v) is 8.89. The second-order valence-corrected chi connectivity index (χ2v) is 6.52. The summed E-state index contributed by atoms with van der Waals surface area (Å²) in [6.07, 6.45) is 1.03. The topological polar surface area (TPSA) is 36.5 Å². The molecule has 2 rings (SSSR count). The molecule has 0 spiro atoms. The quantitative estimate of drug-likeness (QED) is 0.736. The van der Waals surface area contributed by atoms with Gasteiger partial charge in [-0.3, -0.25) is 0 Å². The number of ether oxygens (including phenoxy) is 1.